The fraction of sp³-hybridized carbons (Fsp3) is 0.368. The van der Waals surface area contributed by atoms with E-state index in [-0.39, 0.29) is 11.9 Å². The third-order valence-corrected chi connectivity index (χ3v) is 4.50. The Morgan fingerprint density at radius 3 is 2.54 bits per heavy atom. The Bertz CT molecular complexity index is 904. The van der Waals surface area contributed by atoms with Crippen LogP contribution in [0.4, 0.5) is 0 Å². The van der Waals surface area contributed by atoms with Gasteiger partial charge in [0, 0.05) is 29.1 Å². The highest BCUT2D eigenvalue weighted by atomic mass is 16.1. The van der Waals surface area contributed by atoms with E-state index in [2.05, 4.69) is 46.5 Å². The van der Waals surface area contributed by atoms with Gasteiger partial charge in [0.05, 0.1) is 5.69 Å². The lowest BCUT2D eigenvalue weighted by Crippen LogP contribution is -2.34. The lowest BCUT2D eigenvalue weighted by Gasteiger charge is -2.12. The lowest BCUT2D eigenvalue weighted by atomic mass is 10.0. The molecule has 3 N–H and O–H groups in total. The minimum Gasteiger partial charge on any atom is -0.350 e. The summed E-state index contributed by atoms with van der Waals surface area (Å²) in [4.78, 5) is 16.0. The number of aromatic nitrogens is 3. The average Bonchev–Trinajstić information content (AvgIpc) is 3.07. The molecule has 0 unspecified atom stereocenters. The number of benzene rings is 1. The number of aromatic amines is 2. The van der Waals surface area contributed by atoms with E-state index >= 15 is 0 Å². The predicted octanol–water partition coefficient (Wildman–Crippen LogP) is 3.49. The van der Waals surface area contributed by atoms with E-state index < -0.39 is 0 Å². The van der Waals surface area contributed by atoms with Gasteiger partial charge in [-0.25, -0.2) is 0 Å². The minimum atomic E-state index is -0.0674. The van der Waals surface area contributed by atoms with Crippen molar-refractivity contribution in [1.82, 2.24) is 20.5 Å². The first-order valence-corrected chi connectivity index (χ1v) is 8.27. The molecule has 0 aliphatic rings. The van der Waals surface area contributed by atoms with E-state index in [0.29, 0.717) is 12.1 Å². The Morgan fingerprint density at radius 1 is 1.21 bits per heavy atom. The van der Waals surface area contributed by atoms with Crippen molar-refractivity contribution in [2.45, 2.75) is 47.1 Å². The van der Waals surface area contributed by atoms with Crippen molar-refractivity contribution in [1.29, 1.82) is 0 Å². The molecule has 1 aromatic carbocycles. The highest BCUT2D eigenvalue weighted by molar-refractivity contribution is 6.02. The fourth-order valence-electron chi connectivity index (χ4n) is 3.27. The van der Waals surface area contributed by atoms with Crippen LogP contribution >= 0.6 is 0 Å². The Morgan fingerprint density at radius 2 is 1.92 bits per heavy atom. The molecule has 2 heterocycles. The molecule has 0 saturated heterocycles. The summed E-state index contributed by atoms with van der Waals surface area (Å²) in [5, 5.41) is 11.4. The molecule has 0 saturated carbocycles. The van der Waals surface area contributed by atoms with Gasteiger partial charge in [-0.1, -0.05) is 12.1 Å². The molecule has 126 valence electrons. The first-order chi connectivity index (χ1) is 11.4. The molecule has 5 nitrogen and oxygen atoms in total. The maximum absolute atomic E-state index is 12.7. The quantitative estimate of drug-likeness (QED) is 0.687. The summed E-state index contributed by atoms with van der Waals surface area (Å²) in [6, 6.07) is 6.19. The molecule has 0 aliphatic carbocycles. The first kappa shape index (κ1) is 16.3. The third kappa shape index (κ3) is 2.94. The lowest BCUT2D eigenvalue weighted by molar-refractivity contribution is 0.0935. The number of nitrogens with one attached hydrogen (secondary N) is 3. The van der Waals surface area contributed by atoms with E-state index in [4.69, 9.17) is 0 Å². The standard InChI is InChI=1S/C19H24N4O/c1-10-6-7-11(2)17-16(10)14(5)18(21-17)19(24)20-12(3)8-15-9-13(4)22-23-15/h6-7,9,12,21H,8H2,1-5H3,(H,20,24)(H,22,23)/t12-/m1/s1. The van der Waals surface area contributed by atoms with Crippen molar-refractivity contribution >= 4 is 16.8 Å². The predicted molar refractivity (Wildman–Crippen MR) is 96.5 cm³/mol. The first-order valence-electron chi connectivity index (χ1n) is 8.27. The van der Waals surface area contributed by atoms with Crippen LogP contribution < -0.4 is 5.32 Å². The Labute approximate surface area is 141 Å². The van der Waals surface area contributed by atoms with Crippen LogP contribution in [0.15, 0.2) is 18.2 Å². The molecule has 0 spiro atoms. The van der Waals surface area contributed by atoms with Crippen LogP contribution in [0, 0.1) is 27.7 Å². The van der Waals surface area contributed by atoms with Crippen LogP contribution in [0.5, 0.6) is 0 Å². The van der Waals surface area contributed by atoms with Crippen molar-refractivity contribution in [2.24, 2.45) is 0 Å². The van der Waals surface area contributed by atoms with Crippen molar-refractivity contribution in [3.05, 3.63) is 52.0 Å². The number of aryl methyl sites for hydroxylation is 4. The number of carbonyl (C=O) groups is 1. The number of hydrogen-bond donors (Lipinski definition) is 3. The summed E-state index contributed by atoms with van der Waals surface area (Å²) >= 11 is 0. The zero-order valence-electron chi connectivity index (χ0n) is 14.9. The number of hydrogen-bond acceptors (Lipinski definition) is 2. The van der Waals surface area contributed by atoms with Crippen LogP contribution in [0.3, 0.4) is 0 Å². The molecule has 3 aromatic rings. The summed E-state index contributed by atoms with van der Waals surface area (Å²) in [5.74, 6) is -0.0674. The average molecular weight is 324 g/mol. The molecule has 0 radical (unpaired) electrons. The number of nitrogens with zero attached hydrogens (tertiary/aromatic N) is 1. The van der Waals surface area contributed by atoms with Crippen molar-refractivity contribution in [3.8, 4) is 0 Å². The molecule has 0 fully saturated rings. The number of carbonyl (C=O) groups excluding carboxylic acids is 1. The van der Waals surface area contributed by atoms with E-state index in [1.54, 1.807) is 0 Å². The normalized spacial score (nSPS) is 12.5. The van der Waals surface area contributed by atoms with E-state index in [1.807, 2.05) is 26.8 Å². The van der Waals surface area contributed by atoms with Gasteiger partial charge in [-0.2, -0.15) is 5.10 Å². The third-order valence-electron chi connectivity index (χ3n) is 4.50. The van der Waals surface area contributed by atoms with Gasteiger partial charge in [0.2, 0.25) is 0 Å². The zero-order valence-corrected chi connectivity index (χ0v) is 14.9. The van der Waals surface area contributed by atoms with Crippen molar-refractivity contribution in [2.75, 3.05) is 0 Å². The summed E-state index contributed by atoms with van der Waals surface area (Å²) in [6.07, 6.45) is 0.702. The second-order valence-electron chi connectivity index (χ2n) is 6.70. The molecule has 5 heteroatoms. The minimum absolute atomic E-state index is 0.00760. The Hall–Kier alpha value is -2.56. The van der Waals surface area contributed by atoms with Crippen LogP contribution in [0.2, 0.25) is 0 Å². The summed E-state index contributed by atoms with van der Waals surface area (Å²) in [5.41, 5.74) is 7.02. The number of fused-ring (bicyclic) bond motifs is 1. The summed E-state index contributed by atoms with van der Waals surface area (Å²) < 4.78 is 0. The maximum atomic E-state index is 12.7. The largest absolute Gasteiger partial charge is 0.350 e. The monoisotopic (exact) mass is 324 g/mol. The fourth-order valence-corrected chi connectivity index (χ4v) is 3.27. The molecule has 1 amide bonds. The molecule has 0 bridgehead atoms. The molecular formula is C19H24N4O. The van der Waals surface area contributed by atoms with Crippen molar-refractivity contribution < 1.29 is 4.79 Å². The van der Waals surface area contributed by atoms with E-state index in [0.717, 1.165) is 33.4 Å². The van der Waals surface area contributed by atoms with Crippen LogP contribution in [0.25, 0.3) is 10.9 Å². The molecule has 24 heavy (non-hydrogen) atoms. The van der Waals surface area contributed by atoms with Crippen molar-refractivity contribution in [3.63, 3.8) is 0 Å². The Balaban J connectivity index is 1.82. The van der Waals surface area contributed by atoms with Crippen LogP contribution in [0.1, 0.15) is 45.5 Å². The van der Waals surface area contributed by atoms with Gasteiger partial charge in [0.15, 0.2) is 0 Å². The van der Waals surface area contributed by atoms with Gasteiger partial charge in [-0.05, 0) is 57.4 Å². The summed E-state index contributed by atoms with van der Waals surface area (Å²) in [7, 11) is 0. The topological polar surface area (TPSA) is 73.6 Å². The molecule has 2 aromatic heterocycles. The Kier molecular flexibility index (Phi) is 4.18. The molecule has 3 rings (SSSR count). The second kappa shape index (κ2) is 6.15. The highest BCUT2D eigenvalue weighted by Crippen LogP contribution is 2.27. The molecule has 1 atom stereocenters. The van der Waals surface area contributed by atoms with Gasteiger partial charge >= 0.3 is 0 Å². The van der Waals surface area contributed by atoms with E-state index in [1.165, 1.54) is 5.56 Å². The number of H-pyrrole nitrogens is 2. The van der Waals surface area contributed by atoms with E-state index in [9.17, 15) is 4.79 Å². The maximum Gasteiger partial charge on any atom is 0.268 e. The second-order valence-corrected chi connectivity index (χ2v) is 6.70. The number of rotatable bonds is 4. The highest BCUT2D eigenvalue weighted by Gasteiger charge is 2.19. The molecular weight excluding hydrogens is 300 g/mol. The van der Waals surface area contributed by atoms with Gasteiger partial charge in [0.1, 0.15) is 5.69 Å². The smallest absolute Gasteiger partial charge is 0.268 e. The number of amides is 1. The van der Waals surface area contributed by atoms with Crippen LogP contribution in [-0.2, 0) is 6.42 Å². The zero-order chi connectivity index (χ0) is 17.4. The molecule has 0 aliphatic heterocycles. The van der Waals surface area contributed by atoms with Gasteiger partial charge in [-0.15, -0.1) is 0 Å². The van der Waals surface area contributed by atoms with Crippen LogP contribution in [-0.4, -0.2) is 27.1 Å². The van der Waals surface area contributed by atoms with Gasteiger partial charge < -0.3 is 10.3 Å². The van der Waals surface area contributed by atoms with Gasteiger partial charge in [-0.3, -0.25) is 9.89 Å². The summed E-state index contributed by atoms with van der Waals surface area (Å²) in [6.45, 7) is 10.1. The van der Waals surface area contributed by atoms with Gasteiger partial charge in [0.25, 0.3) is 5.91 Å². The SMILES string of the molecule is Cc1cc(C[C@@H](C)NC(=O)c2[nH]c3c(C)ccc(C)c3c2C)n[nH]1.